The molecule has 1 aliphatic rings. The number of nitrogens with one attached hydrogen (secondary N) is 2. The molecule has 1 saturated heterocycles. The van der Waals surface area contributed by atoms with Crippen molar-refractivity contribution in [3.8, 4) is 22.8 Å². The number of fused-ring (bicyclic) bond motifs is 2. The summed E-state index contributed by atoms with van der Waals surface area (Å²) < 4.78 is 7.52. The number of morpholine rings is 1. The lowest BCUT2D eigenvalue weighted by Crippen LogP contribution is -2.44. The van der Waals surface area contributed by atoms with Crippen molar-refractivity contribution in [3.63, 3.8) is 0 Å². The molecule has 5 aromatic heterocycles. The van der Waals surface area contributed by atoms with Crippen molar-refractivity contribution in [1.29, 1.82) is 0 Å². The Labute approximate surface area is 178 Å². The van der Waals surface area contributed by atoms with Gasteiger partial charge < -0.3 is 19.6 Å². The Morgan fingerprint density at radius 2 is 2.10 bits per heavy atom. The van der Waals surface area contributed by atoms with Crippen molar-refractivity contribution < 1.29 is 4.74 Å². The fourth-order valence-corrected chi connectivity index (χ4v) is 4.30. The second-order valence-electron chi connectivity index (χ2n) is 7.87. The summed E-state index contributed by atoms with van der Waals surface area (Å²) in [5.41, 5.74) is 5.54. The van der Waals surface area contributed by atoms with E-state index in [4.69, 9.17) is 14.7 Å². The standard InChI is InChI=1S/C22H22N8O/c1-13-12-31-10-9-30(13)22-19-17(11-16(26-19)18-5-8-25-29(18)2)27-21(28-22)15-4-7-24-20-14(15)3-6-23-20/h3-8,11,13,26H,9-10,12H2,1-2H3,(H,23,24)/t13-/m1/s1. The van der Waals surface area contributed by atoms with Crippen molar-refractivity contribution in [2.24, 2.45) is 7.05 Å². The molecule has 31 heavy (non-hydrogen) atoms. The SMILES string of the molecule is C[C@@H]1COCCN1c1nc(-c2ccnc3[nH]ccc23)nc2cc(-c3ccnn3C)[nH]c12. The zero-order chi connectivity index (χ0) is 20.9. The van der Waals surface area contributed by atoms with Crippen LogP contribution in [0.1, 0.15) is 6.92 Å². The maximum absolute atomic E-state index is 5.67. The van der Waals surface area contributed by atoms with Crippen molar-refractivity contribution in [2.75, 3.05) is 24.7 Å². The number of aromatic nitrogens is 7. The lowest BCUT2D eigenvalue weighted by Gasteiger charge is -2.34. The van der Waals surface area contributed by atoms with Crippen LogP contribution in [0.4, 0.5) is 5.82 Å². The van der Waals surface area contributed by atoms with Gasteiger partial charge in [-0.3, -0.25) is 4.68 Å². The third-order valence-corrected chi connectivity index (χ3v) is 5.90. The number of aryl methyl sites for hydroxylation is 1. The molecule has 6 heterocycles. The maximum atomic E-state index is 5.67. The molecule has 0 aliphatic carbocycles. The normalized spacial score (nSPS) is 17.1. The first-order chi connectivity index (χ1) is 15.2. The summed E-state index contributed by atoms with van der Waals surface area (Å²) in [7, 11) is 1.93. The average molecular weight is 414 g/mol. The van der Waals surface area contributed by atoms with Crippen LogP contribution in [0.25, 0.3) is 44.8 Å². The quantitative estimate of drug-likeness (QED) is 0.470. The van der Waals surface area contributed by atoms with E-state index in [1.165, 1.54) is 0 Å². The van der Waals surface area contributed by atoms with Gasteiger partial charge in [0.15, 0.2) is 11.6 Å². The van der Waals surface area contributed by atoms with Gasteiger partial charge >= 0.3 is 0 Å². The predicted molar refractivity (Wildman–Crippen MR) is 119 cm³/mol. The first-order valence-corrected chi connectivity index (χ1v) is 10.3. The molecule has 0 saturated carbocycles. The van der Waals surface area contributed by atoms with Gasteiger partial charge in [0.1, 0.15) is 11.2 Å². The monoisotopic (exact) mass is 414 g/mol. The Kier molecular flexibility index (Phi) is 4.03. The average Bonchev–Trinajstić information content (AvgIpc) is 3.51. The van der Waals surface area contributed by atoms with Gasteiger partial charge in [0.2, 0.25) is 0 Å². The largest absolute Gasteiger partial charge is 0.377 e. The van der Waals surface area contributed by atoms with E-state index < -0.39 is 0 Å². The van der Waals surface area contributed by atoms with Crippen LogP contribution in [0, 0.1) is 0 Å². The van der Waals surface area contributed by atoms with Gasteiger partial charge in [-0.1, -0.05) is 0 Å². The molecule has 1 fully saturated rings. The Hall–Kier alpha value is -3.72. The molecule has 9 nitrogen and oxygen atoms in total. The van der Waals surface area contributed by atoms with E-state index in [0.717, 1.165) is 51.4 Å². The summed E-state index contributed by atoms with van der Waals surface area (Å²) in [6.45, 7) is 4.29. The van der Waals surface area contributed by atoms with Gasteiger partial charge in [0, 0.05) is 43.1 Å². The Morgan fingerprint density at radius 3 is 2.94 bits per heavy atom. The van der Waals surface area contributed by atoms with E-state index >= 15 is 0 Å². The lowest BCUT2D eigenvalue weighted by molar-refractivity contribution is 0.0987. The summed E-state index contributed by atoms with van der Waals surface area (Å²) in [5, 5.41) is 5.31. The smallest absolute Gasteiger partial charge is 0.163 e. The minimum atomic E-state index is 0.216. The van der Waals surface area contributed by atoms with Gasteiger partial charge in [-0.2, -0.15) is 5.10 Å². The van der Waals surface area contributed by atoms with E-state index in [9.17, 15) is 0 Å². The molecule has 0 radical (unpaired) electrons. The number of anilines is 1. The van der Waals surface area contributed by atoms with Crippen LogP contribution in [0.3, 0.4) is 0 Å². The molecule has 5 aromatic rings. The van der Waals surface area contributed by atoms with E-state index in [1.807, 2.05) is 36.1 Å². The molecule has 1 atom stereocenters. The molecule has 1 aliphatic heterocycles. The molecule has 0 unspecified atom stereocenters. The van der Waals surface area contributed by atoms with Gasteiger partial charge in [-0.15, -0.1) is 0 Å². The summed E-state index contributed by atoms with van der Waals surface area (Å²) in [6, 6.07) is 8.26. The second-order valence-corrected chi connectivity index (χ2v) is 7.87. The minimum absolute atomic E-state index is 0.216. The Morgan fingerprint density at radius 1 is 1.16 bits per heavy atom. The zero-order valence-corrected chi connectivity index (χ0v) is 17.3. The van der Waals surface area contributed by atoms with Crippen LogP contribution < -0.4 is 4.90 Å². The number of pyridine rings is 1. The first-order valence-electron chi connectivity index (χ1n) is 10.3. The summed E-state index contributed by atoms with van der Waals surface area (Å²) in [4.78, 5) is 23.4. The molecular weight excluding hydrogens is 392 g/mol. The van der Waals surface area contributed by atoms with E-state index in [2.05, 4.69) is 37.9 Å². The summed E-state index contributed by atoms with van der Waals surface area (Å²) in [5.74, 6) is 1.58. The van der Waals surface area contributed by atoms with E-state index in [-0.39, 0.29) is 6.04 Å². The topological polar surface area (TPSA) is 101 Å². The molecule has 9 heteroatoms. The van der Waals surface area contributed by atoms with Crippen molar-refractivity contribution in [3.05, 3.63) is 42.9 Å². The number of H-pyrrole nitrogens is 2. The molecule has 0 aromatic carbocycles. The summed E-state index contributed by atoms with van der Waals surface area (Å²) in [6.07, 6.45) is 5.47. The highest BCUT2D eigenvalue weighted by atomic mass is 16.5. The van der Waals surface area contributed by atoms with E-state index in [1.54, 1.807) is 12.4 Å². The number of ether oxygens (including phenoxy) is 1. The Bertz CT molecular complexity index is 1400. The minimum Gasteiger partial charge on any atom is -0.377 e. The molecule has 2 N–H and O–H groups in total. The van der Waals surface area contributed by atoms with Gasteiger partial charge in [0.25, 0.3) is 0 Å². The molecule has 0 amide bonds. The highest BCUT2D eigenvalue weighted by molar-refractivity contribution is 5.95. The van der Waals surface area contributed by atoms with Crippen LogP contribution >= 0.6 is 0 Å². The van der Waals surface area contributed by atoms with Crippen LogP contribution in [-0.2, 0) is 11.8 Å². The predicted octanol–water partition coefficient (Wildman–Crippen LogP) is 3.13. The number of hydrogen-bond acceptors (Lipinski definition) is 6. The van der Waals surface area contributed by atoms with Crippen molar-refractivity contribution in [1.82, 2.24) is 34.7 Å². The molecule has 156 valence electrons. The highest BCUT2D eigenvalue weighted by Crippen LogP contribution is 2.33. The molecule has 6 rings (SSSR count). The van der Waals surface area contributed by atoms with Crippen LogP contribution in [0.5, 0.6) is 0 Å². The van der Waals surface area contributed by atoms with Gasteiger partial charge in [-0.25, -0.2) is 15.0 Å². The van der Waals surface area contributed by atoms with Crippen LogP contribution in [0.15, 0.2) is 42.9 Å². The number of nitrogens with zero attached hydrogens (tertiary/aromatic N) is 6. The summed E-state index contributed by atoms with van der Waals surface area (Å²) >= 11 is 0. The fourth-order valence-electron chi connectivity index (χ4n) is 4.30. The van der Waals surface area contributed by atoms with Crippen LogP contribution in [-0.4, -0.2) is 60.5 Å². The fraction of sp³-hybridized carbons (Fsp3) is 0.273. The van der Waals surface area contributed by atoms with E-state index in [0.29, 0.717) is 19.0 Å². The number of hydrogen-bond donors (Lipinski definition) is 2. The van der Waals surface area contributed by atoms with Crippen LogP contribution in [0.2, 0.25) is 0 Å². The third kappa shape index (κ3) is 2.89. The highest BCUT2D eigenvalue weighted by Gasteiger charge is 2.25. The molecule has 0 bridgehead atoms. The molecule has 0 spiro atoms. The van der Waals surface area contributed by atoms with Crippen molar-refractivity contribution >= 4 is 27.9 Å². The van der Waals surface area contributed by atoms with Gasteiger partial charge in [0.05, 0.1) is 36.2 Å². The third-order valence-electron chi connectivity index (χ3n) is 5.90. The zero-order valence-electron chi connectivity index (χ0n) is 17.3. The lowest BCUT2D eigenvalue weighted by atomic mass is 10.1. The van der Waals surface area contributed by atoms with Gasteiger partial charge in [-0.05, 0) is 31.2 Å². The molecular formula is C22H22N8O. The first kappa shape index (κ1) is 18.1. The maximum Gasteiger partial charge on any atom is 0.163 e. The second kappa shape index (κ2) is 6.92. The number of rotatable bonds is 3. The number of aromatic amines is 2. The Balaban J connectivity index is 1.60. The van der Waals surface area contributed by atoms with Crippen molar-refractivity contribution in [2.45, 2.75) is 13.0 Å².